The standard InChI is InChI=1S/C13H18O3/c1-6-7-4-12(2)5-8(10(7)14)11(15)9(6)13(12,3)16/h6-9,16H,4-5H2,1-3H3/t6?,7-,8-,9+,12-,13+/m0/s1. The molecule has 4 saturated carbocycles. The van der Waals surface area contributed by atoms with Crippen LogP contribution in [0.3, 0.4) is 0 Å². The number of aliphatic hydroxyl groups is 1. The molecule has 16 heavy (non-hydrogen) atoms. The van der Waals surface area contributed by atoms with Gasteiger partial charge in [-0.05, 0) is 31.1 Å². The fourth-order valence-corrected chi connectivity index (χ4v) is 4.45. The predicted molar refractivity (Wildman–Crippen MR) is 57.6 cm³/mol. The molecule has 0 aliphatic heterocycles. The lowest BCUT2D eigenvalue weighted by atomic mass is 9.40. The van der Waals surface area contributed by atoms with Crippen LogP contribution in [0.1, 0.15) is 33.6 Å². The van der Waals surface area contributed by atoms with Gasteiger partial charge in [-0.25, -0.2) is 0 Å². The fourth-order valence-electron chi connectivity index (χ4n) is 4.45. The van der Waals surface area contributed by atoms with E-state index in [2.05, 4.69) is 0 Å². The van der Waals surface area contributed by atoms with Crippen molar-refractivity contribution in [1.29, 1.82) is 0 Å². The maximum Gasteiger partial charge on any atom is 0.149 e. The minimum atomic E-state index is -0.933. The molecule has 4 bridgehead atoms. The molecule has 0 spiro atoms. The first-order valence-corrected chi connectivity index (χ1v) is 6.09. The van der Waals surface area contributed by atoms with Gasteiger partial charge in [0.05, 0.1) is 17.4 Å². The van der Waals surface area contributed by atoms with Crippen molar-refractivity contribution in [3.05, 3.63) is 0 Å². The van der Waals surface area contributed by atoms with Gasteiger partial charge in [-0.1, -0.05) is 13.8 Å². The van der Waals surface area contributed by atoms with Crippen LogP contribution in [-0.4, -0.2) is 22.3 Å². The summed E-state index contributed by atoms with van der Waals surface area (Å²) in [6, 6.07) is 0. The lowest BCUT2D eigenvalue weighted by molar-refractivity contribution is -0.218. The number of Topliss-reactive ketones (excluding diaryl/α,β-unsaturated/α-hetero) is 2. The van der Waals surface area contributed by atoms with Gasteiger partial charge in [0.2, 0.25) is 0 Å². The third kappa shape index (κ3) is 0.863. The zero-order chi connectivity index (χ0) is 11.9. The van der Waals surface area contributed by atoms with E-state index in [0.29, 0.717) is 6.42 Å². The Balaban J connectivity index is 2.17. The number of carbonyl (C=O) groups excluding carboxylic acids is 2. The predicted octanol–water partition coefficient (Wildman–Crippen LogP) is 1.19. The molecule has 6 atom stereocenters. The van der Waals surface area contributed by atoms with Crippen LogP contribution in [0.2, 0.25) is 0 Å². The zero-order valence-corrected chi connectivity index (χ0v) is 9.99. The van der Waals surface area contributed by atoms with Crippen LogP contribution in [0.5, 0.6) is 0 Å². The second kappa shape index (κ2) is 2.58. The van der Waals surface area contributed by atoms with Gasteiger partial charge in [0.1, 0.15) is 11.6 Å². The highest BCUT2D eigenvalue weighted by molar-refractivity contribution is 6.09. The van der Waals surface area contributed by atoms with Crippen LogP contribution in [0.25, 0.3) is 0 Å². The van der Waals surface area contributed by atoms with Crippen LogP contribution >= 0.6 is 0 Å². The highest BCUT2D eigenvalue weighted by Gasteiger charge is 2.69. The smallest absolute Gasteiger partial charge is 0.149 e. The summed E-state index contributed by atoms with van der Waals surface area (Å²) in [7, 11) is 0. The average Bonchev–Trinajstić information content (AvgIpc) is 2.16. The van der Waals surface area contributed by atoms with Crippen molar-refractivity contribution in [1.82, 2.24) is 0 Å². The molecule has 3 nitrogen and oxygen atoms in total. The Hall–Kier alpha value is -0.700. The first-order valence-electron chi connectivity index (χ1n) is 6.09. The van der Waals surface area contributed by atoms with E-state index in [1.165, 1.54) is 0 Å². The van der Waals surface area contributed by atoms with Gasteiger partial charge < -0.3 is 5.11 Å². The molecule has 4 fully saturated rings. The van der Waals surface area contributed by atoms with Crippen molar-refractivity contribution in [2.24, 2.45) is 29.1 Å². The Morgan fingerprint density at radius 2 is 1.81 bits per heavy atom. The number of carbonyl (C=O) groups is 2. The van der Waals surface area contributed by atoms with E-state index < -0.39 is 11.5 Å². The molecule has 0 radical (unpaired) electrons. The van der Waals surface area contributed by atoms with Crippen molar-refractivity contribution in [2.75, 3.05) is 0 Å². The number of hydrogen-bond acceptors (Lipinski definition) is 3. The summed E-state index contributed by atoms with van der Waals surface area (Å²) in [5.41, 5.74) is -1.18. The molecule has 0 amide bonds. The third-order valence-electron chi connectivity index (χ3n) is 5.67. The topological polar surface area (TPSA) is 54.4 Å². The molecule has 0 aromatic carbocycles. The monoisotopic (exact) mass is 222 g/mol. The molecular weight excluding hydrogens is 204 g/mol. The van der Waals surface area contributed by atoms with E-state index in [1.807, 2.05) is 13.8 Å². The summed E-state index contributed by atoms with van der Waals surface area (Å²) in [4.78, 5) is 24.2. The Labute approximate surface area is 95.2 Å². The molecule has 4 aliphatic carbocycles. The minimum Gasteiger partial charge on any atom is -0.389 e. The highest BCUT2D eigenvalue weighted by Crippen LogP contribution is 2.63. The van der Waals surface area contributed by atoms with Crippen molar-refractivity contribution in [3.63, 3.8) is 0 Å². The van der Waals surface area contributed by atoms with E-state index in [9.17, 15) is 14.7 Å². The molecule has 1 N–H and O–H groups in total. The largest absolute Gasteiger partial charge is 0.389 e. The Kier molecular flexibility index (Phi) is 1.69. The lowest BCUT2D eigenvalue weighted by Gasteiger charge is -2.63. The molecule has 4 rings (SSSR count). The van der Waals surface area contributed by atoms with Crippen molar-refractivity contribution in [2.45, 2.75) is 39.2 Å². The number of ketones is 2. The van der Waals surface area contributed by atoms with E-state index in [1.54, 1.807) is 6.92 Å². The van der Waals surface area contributed by atoms with Crippen molar-refractivity contribution >= 4 is 11.6 Å². The first-order chi connectivity index (χ1) is 7.29. The Morgan fingerprint density at radius 3 is 2.44 bits per heavy atom. The second-order valence-electron chi connectivity index (χ2n) is 6.42. The summed E-state index contributed by atoms with van der Waals surface area (Å²) in [5.74, 6) is -0.582. The van der Waals surface area contributed by atoms with Crippen LogP contribution in [-0.2, 0) is 9.59 Å². The van der Waals surface area contributed by atoms with Gasteiger partial charge in [-0.3, -0.25) is 9.59 Å². The Bertz CT molecular complexity index is 398. The third-order valence-corrected chi connectivity index (χ3v) is 5.67. The highest BCUT2D eigenvalue weighted by atomic mass is 16.3. The Morgan fingerprint density at radius 1 is 1.19 bits per heavy atom. The SMILES string of the molecule is CC1[C@@H]2C[C@@]3(C)C[C@@H](C2=O)C(=O)[C@@H]1[C@@]3(C)O. The van der Waals surface area contributed by atoms with Crippen molar-refractivity contribution < 1.29 is 14.7 Å². The summed E-state index contributed by atoms with van der Waals surface area (Å²) in [5, 5.41) is 10.6. The van der Waals surface area contributed by atoms with Crippen LogP contribution in [0.15, 0.2) is 0 Å². The molecule has 3 heteroatoms. The summed E-state index contributed by atoms with van der Waals surface area (Å²) >= 11 is 0. The van der Waals surface area contributed by atoms with Gasteiger partial charge in [0.15, 0.2) is 0 Å². The van der Waals surface area contributed by atoms with E-state index in [-0.39, 0.29) is 34.7 Å². The molecule has 0 aromatic heterocycles. The summed E-state index contributed by atoms with van der Waals surface area (Å²) in [6.45, 7) is 5.76. The van der Waals surface area contributed by atoms with Gasteiger partial charge in [0, 0.05) is 5.92 Å². The fraction of sp³-hybridized carbons (Fsp3) is 0.846. The van der Waals surface area contributed by atoms with E-state index in [0.717, 1.165) is 6.42 Å². The van der Waals surface area contributed by atoms with E-state index in [4.69, 9.17) is 0 Å². The van der Waals surface area contributed by atoms with Crippen molar-refractivity contribution in [3.8, 4) is 0 Å². The molecule has 88 valence electrons. The molecule has 4 aliphatic rings. The minimum absolute atomic E-state index is 0.00377. The van der Waals surface area contributed by atoms with Crippen LogP contribution in [0.4, 0.5) is 0 Å². The lowest BCUT2D eigenvalue weighted by Crippen LogP contribution is -2.71. The molecule has 0 saturated heterocycles. The van der Waals surface area contributed by atoms with Gasteiger partial charge in [0.25, 0.3) is 0 Å². The maximum absolute atomic E-state index is 12.2. The summed E-state index contributed by atoms with van der Waals surface area (Å²) < 4.78 is 0. The normalized spacial score (nSPS) is 59.5. The van der Waals surface area contributed by atoms with Gasteiger partial charge in [-0.15, -0.1) is 0 Å². The van der Waals surface area contributed by atoms with Gasteiger partial charge >= 0.3 is 0 Å². The van der Waals surface area contributed by atoms with Crippen LogP contribution in [0, 0.1) is 29.1 Å². The summed E-state index contributed by atoms with van der Waals surface area (Å²) in [6.07, 6.45) is 1.30. The van der Waals surface area contributed by atoms with Crippen LogP contribution < -0.4 is 0 Å². The molecule has 0 aromatic rings. The van der Waals surface area contributed by atoms with Gasteiger partial charge in [-0.2, -0.15) is 0 Å². The average molecular weight is 222 g/mol. The number of rotatable bonds is 0. The second-order valence-corrected chi connectivity index (χ2v) is 6.42. The molecule has 1 unspecified atom stereocenters. The quantitative estimate of drug-likeness (QED) is 0.626. The van der Waals surface area contributed by atoms with E-state index >= 15 is 0 Å². The number of hydrogen-bond donors (Lipinski definition) is 1. The maximum atomic E-state index is 12.2. The first kappa shape index (κ1) is 10.5. The zero-order valence-electron chi connectivity index (χ0n) is 9.99. The molecule has 0 heterocycles. The molecular formula is C13H18O3.